The fourth-order valence-corrected chi connectivity index (χ4v) is 3.00. The molecule has 0 aromatic carbocycles. The molecule has 3 atom stereocenters. The van der Waals surface area contributed by atoms with Gasteiger partial charge in [0.25, 0.3) is 0 Å². The van der Waals surface area contributed by atoms with Crippen molar-refractivity contribution in [3.8, 4) is 0 Å². The van der Waals surface area contributed by atoms with Crippen molar-refractivity contribution < 1.29 is 4.79 Å². The van der Waals surface area contributed by atoms with Crippen LogP contribution in [0, 0.1) is 11.8 Å². The lowest BCUT2D eigenvalue weighted by atomic mass is 10.1. The summed E-state index contributed by atoms with van der Waals surface area (Å²) in [7, 11) is 0. The van der Waals surface area contributed by atoms with E-state index in [0.29, 0.717) is 12.0 Å². The maximum atomic E-state index is 12.1. The minimum Gasteiger partial charge on any atom is -0.355 e. The number of rotatable bonds is 5. The van der Waals surface area contributed by atoms with Crippen molar-refractivity contribution in [1.82, 2.24) is 15.5 Å². The van der Waals surface area contributed by atoms with E-state index < -0.39 is 0 Å². The summed E-state index contributed by atoms with van der Waals surface area (Å²) in [5, 5.41) is 6.58. The third kappa shape index (κ3) is 3.23. The molecule has 2 aliphatic heterocycles. The van der Waals surface area contributed by atoms with Crippen LogP contribution in [0.4, 0.5) is 0 Å². The van der Waals surface area contributed by atoms with Crippen molar-refractivity contribution in [2.24, 2.45) is 11.8 Å². The zero-order valence-electron chi connectivity index (χ0n) is 11.9. The maximum Gasteiger partial charge on any atom is 0.237 e. The number of nitrogens with one attached hydrogen (secondary N) is 2. The molecule has 0 saturated carbocycles. The summed E-state index contributed by atoms with van der Waals surface area (Å²) in [4.78, 5) is 14.4. The van der Waals surface area contributed by atoms with Crippen molar-refractivity contribution in [2.45, 2.75) is 45.7 Å². The van der Waals surface area contributed by atoms with Gasteiger partial charge in [0.2, 0.25) is 5.91 Å². The predicted molar refractivity (Wildman–Crippen MR) is 73.4 cm³/mol. The van der Waals surface area contributed by atoms with E-state index in [-0.39, 0.29) is 11.9 Å². The molecule has 1 amide bonds. The van der Waals surface area contributed by atoms with Gasteiger partial charge in [-0.15, -0.1) is 0 Å². The highest BCUT2D eigenvalue weighted by Crippen LogP contribution is 2.25. The SMILES string of the molecule is CC(C)CCNC(=O)C(C)N1C[C@@H]2CCN[C@@H]2C1. The second-order valence-electron chi connectivity index (χ2n) is 6.21. The normalized spacial score (nSPS) is 29.6. The minimum atomic E-state index is 0.0181. The summed E-state index contributed by atoms with van der Waals surface area (Å²) in [5.74, 6) is 1.60. The monoisotopic (exact) mass is 253 g/mol. The molecule has 0 radical (unpaired) electrons. The largest absolute Gasteiger partial charge is 0.355 e. The maximum absolute atomic E-state index is 12.1. The topological polar surface area (TPSA) is 44.4 Å². The Kier molecular flexibility index (Phi) is 4.62. The highest BCUT2D eigenvalue weighted by Gasteiger charge is 2.38. The summed E-state index contributed by atoms with van der Waals surface area (Å²) < 4.78 is 0. The van der Waals surface area contributed by atoms with Crippen LogP contribution in [0.15, 0.2) is 0 Å². The van der Waals surface area contributed by atoms with E-state index in [1.165, 1.54) is 6.42 Å². The Labute approximate surface area is 110 Å². The molecule has 18 heavy (non-hydrogen) atoms. The van der Waals surface area contributed by atoms with Crippen molar-refractivity contribution in [3.05, 3.63) is 0 Å². The van der Waals surface area contributed by atoms with E-state index in [4.69, 9.17) is 0 Å². The number of hydrogen-bond acceptors (Lipinski definition) is 3. The molecule has 1 unspecified atom stereocenters. The van der Waals surface area contributed by atoms with Gasteiger partial charge in [0, 0.05) is 25.7 Å². The Bertz CT molecular complexity index is 281. The van der Waals surface area contributed by atoms with Crippen molar-refractivity contribution >= 4 is 5.91 Å². The van der Waals surface area contributed by atoms with E-state index in [2.05, 4.69) is 29.4 Å². The molecule has 0 spiro atoms. The quantitative estimate of drug-likeness (QED) is 0.763. The molecule has 0 aliphatic carbocycles. The van der Waals surface area contributed by atoms with Crippen LogP contribution in [0.25, 0.3) is 0 Å². The number of hydrogen-bond donors (Lipinski definition) is 2. The third-order valence-corrected chi connectivity index (χ3v) is 4.34. The van der Waals surface area contributed by atoms with Crippen molar-refractivity contribution in [1.29, 1.82) is 0 Å². The molecular weight excluding hydrogens is 226 g/mol. The lowest BCUT2D eigenvalue weighted by Crippen LogP contribution is -2.45. The Morgan fingerprint density at radius 2 is 2.17 bits per heavy atom. The van der Waals surface area contributed by atoms with Crippen LogP contribution in [0.2, 0.25) is 0 Å². The van der Waals surface area contributed by atoms with Crippen molar-refractivity contribution in [3.63, 3.8) is 0 Å². The number of carbonyl (C=O) groups is 1. The van der Waals surface area contributed by atoms with Gasteiger partial charge in [-0.3, -0.25) is 9.69 Å². The van der Waals surface area contributed by atoms with Crippen LogP contribution < -0.4 is 10.6 Å². The molecule has 0 aromatic heterocycles. The molecule has 104 valence electrons. The smallest absolute Gasteiger partial charge is 0.237 e. The van der Waals surface area contributed by atoms with Gasteiger partial charge in [-0.1, -0.05) is 13.8 Å². The minimum absolute atomic E-state index is 0.0181. The molecule has 4 nitrogen and oxygen atoms in total. The number of likely N-dealkylation sites (tertiary alicyclic amines) is 1. The first-order valence-corrected chi connectivity index (χ1v) is 7.33. The zero-order valence-corrected chi connectivity index (χ0v) is 11.9. The fourth-order valence-electron chi connectivity index (χ4n) is 3.00. The van der Waals surface area contributed by atoms with Crippen molar-refractivity contribution in [2.75, 3.05) is 26.2 Å². The molecule has 2 saturated heterocycles. The number of amides is 1. The Hall–Kier alpha value is -0.610. The number of fused-ring (bicyclic) bond motifs is 1. The standard InChI is InChI=1S/C14H27N3O/c1-10(2)4-6-16-14(18)11(3)17-8-12-5-7-15-13(12)9-17/h10-13,15H,4-9H2,1-3H3,(H,16,18)/t11?,12-,13+/m0/s1. The van der Waals surface area contributed by atoms with Gasteiger partial charge < -0.3 is 10.6 Å². The van der Waals surface area contributed by atoms with Gasteiger partial charge in [0.15, 0.2) is 0 Å². The van der Waals surface area contributed by atoms with E-state index in [1.807, 2.05) is 6.92 Å². The summed E-state index contributed by atoms with van der Waals surface area (Å²) >= 11 is 0. The lowest BCUT2D eigenvalue weighted by Gasteiger charge is -2.24. The van der Waals surface area contributed by atoms with Crippen LogP contribution in [-0.2, 0) is 4.79 Å². The number of carbonyl (C=O) groups excluding carboxylic acids is 1. The first-order valence-electron chi connectivity index (χ1n) is 7.33. The van der Waals surface area contributed by atoms with E-state index in [9.17, 15) is 4.79 Å². The van der Waals surface area contributed by atoms with Crippen LogP contribution in [0.3, 0.4) is 0 Å². The molecule has 2 fully saturated rings. The van der Waals surface area contributed by atoms with E-state index >= 15 is 0 Å². The first-order chi connectivity index (χ1) is 8.58. The Balaban J connectivity index is 1.73. The van der Waals surface area contributed by atoms with Gasteiger partial charge >= 0.3 is 0 Å². The number of nitrogens with zero attached hydrogens (tertiary/aromatic N) is 1. The van der Waals surface area contributed by atoms with E-state index in [1.54, 1.807) is 0 Å². The van der Waals surface area contributed by atoms with Gasteiger partial charge in [0.1, 0.15) is 0 Å². The zero-order chi connectivity index (χ0) is 13.1. The van der Waals surface area contributed by atoms with E-state index in [0.717, 1.165) is 38.5 Å². The van der Waals surface area contributed by atoms with Crippen LogP contribution >= 0.6 is 0 Å². The average Bonchev–Trinajstić information content (AvgIpc) is 2.87. The first kappa shape index (κ1) is 13.8. The summed E-state index contributed by atoms with van der Waals surface area (Å²) in [6, 6.07) is 0.639. The Morgan fingerprint density at radius 1 is 1.39 bits per heavy atom. The van der Waals surface area contributed by atoms with Gasteiger partial charge in [-0.05, 0) is 38.1 Å². The highest BCUT2D eigenvalue weighted by molar-refractivity contribution is 5.81. The highest BCUT2D eigenvalue weighted by atomic mass is 16.2. The molecule has 4 heteroatoms. The van der Waals surface area contributed by atoms with Crippen LogP contribution in [0.5, 0.6) is 0 Å². The average molecular weight is 253 g/mol. The predicted octanol–water partition coefficient (Wildman–Crippen LogP) is 0.831. The molecule has 2 heterocycles. The molecule has 0 bridgehead atoms. The summed E-state index contributed by atoms with van der Waals surface area (Å²) in [6.45, 7) is 10.5. The molecular formula is C14H27N3O. The van der Waals surface area contributed by atoms with Crippen LogP contribution in [-0.4, -0.2) is 49.1 Å². The van der Waals surface area contributed by atoms with Gasteiger partial charge in [-0.2, -0.15) is 0 Å². The third-order valence-electron chi connectivity index (χ3n) is 4.34. The Morgan fingerprint density at radius 3 is 2.83 bits per heavy atom. The van der Waals surface area contributed by atoms with Gasteiger partial charge in [-0.25, -0.2) is 0 Å². The molecule has 0 aromatic rings. The van der Waals surface area contributed by atoms with Gasteiger partial charge in [0.05, 0.1) is 6.04 Å². The lowest BCUT2D eigenvalue weighted by molar-refractivity contribution is -0.125. The fraction of sp³-hybridized carbons (Fsp3) is 0.929. The second kappa shape index (κ2) is 6.02. The van der Waals surface area contributed by atoms with Crippen LogP contribution in [0.1, 0.15) is 33.6 Å². The molecule has 2 rings (SSSR count). The summed E-state index contributed by atoms with van der Waals surface area (Å²) in [6.07, 6.45) is 2.33. The molecule has 2 aliphatic rings. The molecule has 2 N–H and O–H groups in total. The summed E-state index contributed by atoms with van der Waals surface area (Å²) in [5.41, 5.74) is 0. The second-order valence-corrected chi connectivity index (χ2v) is 6.21.